The Hall–Kier alpha value is -2.02. The van der Waals surface area contributed by atoms with E-state index in [9.17, 15) is 4.79 Å². The van der Waals surface area contributed by atoms with Crippen molar-refractivity contribution in [1.29, 1.82) is 0 Å². The lowest BCUT2D eigenvalue weighted by Crippen LogP contribution is -2.20. The van der Waals surface area contributed by atoms with Crippen LogP contribution in [-0.2, 0) is 7.05 Å². The van der Waals surface area contributed by atoms with E-state index in [1.165, 1.54) is 18.8 Å². The van der Waals surface area contributed by atoms with Crippen molar-refractivity contribution in [2.75, 3.05) is 14.2 Å². The van der Waals surface area contributed by atoms with Crippen LogP contribution in [-0.4, -0.2) is 30.8 Å². The highest BCUT2D eigenvalue weighted by Gasteiger charge is 2.22. The van der Waals surface area contributed by atoms with Crippen LogP contribution in [0.15, 0.2) is 26.9 Å². The van der Waals surface area contributed by atoms with Gasteiger partial charge in [0.25, 0.3) is 5.56 Å². The lowest BCUT2D eigenvalue weighted by molar-refractivity contribution is 0.395. The van der Waals surface area contributed by atoms with E-state index in [4.69, 9.17) is 44.3 Å². The van der Waals surface area contributed by atoms with Crippen molar-refractivity contribution in [1.82, 2.24) is 4.57 Å². The fourth-order valence-electron chi connectivity index (χ4n) is 2.47. The average Bonchev–Trinajstić information content (AvgIpc) is 2.62. The zero-order valence-electron chi connectivity index (χ0n) is 14.6. The predicted octanol–water partition coefficient (Wildman–Crippen LogP) is 4.61. The Morgan fingerprint density at radius 2 is 1.69 bits per heavy atom. The minimum Gasteiger partial charge on any atom is -0.495 e. The Kier molecular flexibility index (Phi) is 6.34. The molecule has 0 bridgehead atoms. The number of halogens is 3. The number of rotatable bonds is 4. The van der Waals surface area contributed by atoms with E-state index in [1.807, 2.05) is 0 Å². The van der Waals surface area contributed by atoms with E-state index in [0.29, 0.717) is 28.4 Å². The molecule has 0 radical (unpaired) electrons. The molecule has 2 rings (SSSR count). The van der Waals surface area contributed by atoms with Crippen molar-refractivity contribution in [2.24, 2.45) is 17.0 Å². The van der Waals surface area contributed by atoms with E-state index in [1.54, 1.807) is 26.1 Å². The lowest BCUT2D eigenvalue weighted by atomic mass is 10.0. The third-order valence-corrected chi connectivity index (χ3v) is 4.69. The molecule has 0 aliphatic carbocycles. The van der Waals surface area contributed by atoms with Gasteiger partial charge in [-0.2, -0.15) is 4.99 Å². The smallest absolute Gasteiger partial charge is 0.259 e. The molecule has 0 aliphatic heterocycles. The second kappa shape index (κ2) is 8.12. The molecule has 0 unspecified atom stereocenters. The molecule has 1 aromatic heterocycles. The van der Waals surface area contributed by atoms with Gasteiger partial charge in [0.15, 0.2) is 0 Å². The Morgan fingerprint density at radius 3 is 2.15 bits per heavy atom. The summed E-state index contributed by atoms with van der Waals surface area (Å²) >= 11 is 18.6. The Bertz CT molecular complexity index is 940. The summed E-state index contributed by atoms with van der Waals surface area (Å²) in [6.45, 7) is 5.07. The number of benzene rings is 1. The summed E-state index contributed by atoms with van der Waals surface area (Å²) in [7, 11) is 4.48. The predicted molar refractivity (Wildman–Crippen MR) is 107 cm³/mol. The largest absolute Gasteiger partial charge is 0.495 e. The molecule has 6 nitrogen and oxygen atoms in total. The average molecular weight is 417 g/mol. The molecule has 0 fully saturated rings. The molecule has 0 aliphatic rings. The minimum absolute atomic E-state index is 0.0741. The zero-order chi connectivity index (χ0) is 19.6. The highest BCUT2D eigenvalue weighted by molar-refractivity contribution is 6.65. The first-order valence-corrected chi connectivity index (χ1v) is 8.42. The maximum Gasteiger partial charge on any atom is 0.259 e. The highest BCUT2D eigenvalue weighted by atomic mass is 35.5. The van der Waals surface area contributed by atoms with Crippen LogP contribution in [0.25, 0.3) is 11.1 Å². The third kappa shape index (κ3) is 3.58. The number of pyridine rings is 1. The molecule has 0 atom stereocenters. The number of aromatic nitrogens is 1. The Morgan fingerprint density at radius 1 is 1.15 bits per heavy atom. The van der Waals surface area contributed by atoms with E-state index in [2.05, 4.69) is 16.7 Å². The van der Waals surface area contributed by atoms with Crippen LogP contribution in [0.1, 0.15) is 5.56 Å². The van der Waals surface area contributed by atoms with Crippen molar-refractivity contribution >= 4 is 52.6 Å². The third-order valence-electron chi connectivity index (χ3n) is 3.74. The van der Waals surface area contributed by atoms with Crippen LogP contribution < -0.4 is 15.0 Å². The molecular weight excluding hydrogens is 401 g/mol. The van der Waals surface area contributed by atoms with Gasteiger partial charge in [-0.15, -0.1) is 0 Å². The lowest BCUT2D eigenvalue weighted by Gasteiger charge is -2.16. The van der Waals surface area contributed by atoms with Gasteiger partial charge in [-0.25, -0.2) is 4.99 Å². The van der Waals surface area contributed by atoms with Gasteiger partial charge in [-0.3, -0.25) is 9.36 Å². The SMILES string of the molecule is C=N/C(Cl)=N\c1c(C)cc(-c2c(Cl)c(OC)cc(OC)c2Cl)c(=O)n1C. The maximum absolute atomic E-state index is 12.9. The number of nitrogens with zero attached hydrogens (tertiary/aromatic N) is 3. The number of methoxy groups -OCH3 is 2. The van der Waals surface area contributed by atoms with Gasteiger partial charge in [0.2, 0.25) is 5.29 Å². The van der Waals surface area contributed by atoms with Crippen LogP contribution in [0, 0.1) is 6.92 Å². The minimum atomic E-state index is -0.373. The van der Waals surface area contributed by atoms with Crippen LogP contribution in [0.4, 0.5) is 5.82 Å². The van der Waals surface area contributed by atoms with Crippen LogP contribution in [0.3, 0.4) is 0 Å². The number of hydrogen-bond acceptors (Lipinski definition) is 4. The van der Waals surface area contributed by atoms with Gasteiger partial charge in [-0.05, 0) is 36.9 Å². The van der Waals surface area contributed by atoms with Crippen molar-refractivity contribution < 1.29 is 9.47 Å². The second-order valence-corrected chi connectivity index (χ2v) is 6.35. The topological polar surface area (TPSA) is 65.2 Å². The van der Waals surface area contributed by atoms with Gasteiger partial charge in [0, 0.05) is 18.7 Å². The van der Waals surface area contributed by atoms with E-state index in [0.717, 1.165) is 0 Å². The van der Waals surface area contributed by atoms with Gasteiger partial charge in [0.1, 0.15) is 17.3 Å². The summed E-state index contributed by atoms with van der Waals surface area (Å²) in [6, 6.07) is 3.18. The standard InChI is InChI=1S/C17H16Cl3N3O3/c1-8-6-9(16(24)23(3)15(8)22-17(20)21-2)12-13(18)10(25-4)7-11(26-5)14(12)19/h6-7H,2H2,1,3-5H3/b22-17-. The molecule has 0 saturated heterocycles. The summed E-state index contributed by atoms with van der Waals surface area (Å²) in [5.74, 6) is 1.02. The molecular formula is C17H16Cl3N3O3. The number of aliphatic imine (C=N–C) groups is 2. The monoisotopic (exact) mass is 415 g/mol. The molecule has 2 aromatic rings. The molecule has 26 heavy (non-hydrogen) atoms. The molecule has 0 saturated carbocycles. The molecule has 138 valence electrons. The maximum atomic E-state index is 12.9. The molecule has 1 heterocycles. The van der Waals surface area contributed by atoms with Crippen molar-refractivity contribution in [3.05, 3.63) is 38.1 Å². The fraction of sp³-hybridized carbons (Fsp3) is 0.235. The Labute approximate surface area is 165 Å². The molecule has 0 amide bonds. The first-order chi connectivity index (χ1) is 12.3. The van der Waals surface area contributed by atoms with E-state index >= 15 is 0 Å². The quantitative estimate of drug-likeness (QED) is 0.415. The van der Waals surface area contributed by atoms with E-state index in [-0.39, 0.29) is 26.5 Å². The van der Waals surface area contributed by atoms with Crippen LogP contribution >= 0.6 is 34.8 Å². The zero-order valence-corrected chi connectivity index (χ0v) is 16.8. The number of amidine groups is 1. The normalized spacial score (nSPS) is 11.4. The second-order valence-electron chi connectivity index (χ2n) is 5.25. The van der Waals surface area contributed by atoms with Crippen molar-refractivity contribution in [3.8, 4) is 22.6 Å². The summed E-state index contributed by atoms with van der Waals surface area (Å²) in [4.78, 5) is 20.5. The molecule has 1 aromatic carbocycles. The highest BCUT2D eigenvalue weighted by Crippen LogP contribution is 2.45. The van der Waals surface area contributed by atoms with Crippen molar-refractivity contribution in [3.63, 3.8) is 0 Å². The summed E-state index contributed by atoms with van der Waals surface area (Å²) in [5, 5.41) is 0.337. The molecule has 0 N–H and O–H groups in total. The van der Waals surface area contributed by atoms with E-state index < -0.39 is 0 Å². The van der Waals surface area contributed by atoms with Gasteiger partial charge in [-0.1, -0.05) is 23.2 Å². The van der Waals surface area contributed by atoms with Gasteiger partial charge < -0.3 is 9.47 Å². The Balaban J connectivity index is 2.87. The molecule has 0 spiro atoms. The van der Waals surface area contributed by atoms with Crippen LogP contribution in [0.5, 0.6) is 11.5 Å². The number of aryl methyl sites for hydroxylation is 1. The summed E-state index contributed by atoms with van der Waals surface area (Å²) < 4.78 is 11.8. The van der Waals surface area contributed by atoms with Crippen LogP contribution in [0.2, 0.25) is 10.0 Å². The number of ether oxygens (including phenoxy) is 2. The summed E-state index contributed by atoms with van der Waals surface area (Å²) in [5.41, 5.74) is 0.885. The van der Waals surface area contributed by atoms with Crippen molar-refractivity contribution in [2.45, 2.75) is 6.92 Å². The first-order valence-electron chi connectivity index (χ1n) is 7.28. The molecule has 9 heteroatoms. The summed E-state index contributed by atoms with van der Waals surface area (Å²) in [6.07, 6.45) is 0. The fourth-order valence-corrected chi connectivity index (χ4v) is 3.26. The number of hydrogen-bond donors (Lipinski definition) is 0. The first kappa shape index (κ1) is 20.3. The van der Waals surface area contributed by atoms with Gasteiger partial charge >= 0.3 is 0 Å². The van der Waals surface area contributed by atoms with Gasteiger partial charge in [0.05, 0.1) is 29.8 Å².